The molecule has 0 bridgehead atoms. The number of carbonyl (C=O) groups is 2. The molecule has 1 amide bonds. The molecule has 1 aliphatic heterocycles. The summed E-state index contributed by atoms with van der Waals surface area (Å²) in [6, 6.07) is 2.61. The monoisotopic (exact) mass is 367 g/mol. The SMILES string of the molecule is CN1CCN(CC(=O)Nc2cc(C(=O)[O-])ccc2OC(F)(F)F)CC1.[Li+]. The number of benzene rings is 1. The van der Waals surface area contributed by atoms with Gasteiger partial charge in [0.15, 0.2) is 5.75 Å². The van der Waals surface area contributed by atoms with Crippen LogP contribution >= 0.6 is 0 Å². The molecule has 0 aliphatic carbocycles. The Morgan fingerprint density at radius 1 is 1.23 bits per heavy atom. The summed E-state index contributed by atoms with van der Waals surface area (Å²) in [7, 11) is 1.95. The Hall–Kier alpha value is -1.73. The molecule has 1 aromatic rings. The van der Waals surface area contributed by atoms with Gasteiger partial charge in [0, 0.05) is 26.2 Å². The van der Waals surface area contributed by atoms with E-state index in [4.69, 9.17) is 0 Å². The molecule has 138 valence electrons. The summed E-state index contributed by atoms with van der Waals surface area (Å²) in [6.07, 6.45) is -4.97. The molecule has 0 unspecified atom stereocenters. The minimum absolute atomic E-state index is 0. The normalized spacial score (nSPS) is 15.8. The summed E-state index contributed by atoms with van der Waals surface area (Å²) < 4.78 is 41.2. The molecule has 0 spiro atoms. The van der Waals surface area contributed by atoms with Crippen molar-refractivity contribution in [2.24, 2.45) is 0 Å². The molecule has 0 saturated carbocycles. The summed E-state index contributed by atoms with van der Waals surface area (Å²) in [6.45, 7) is 2.82. The third-order valence-electron chi connectivity index (χ3n) is 3.68. The summed E-state index contributed by atoms with van der Waals surface area (Å²) in [5.41, 5.74) is -0.748. The maximum absolute atomic E-state index is 12.5. The fraction of sp³-hybridized carbons (Fsp3) is 0.467. The molecule has 1 aliphatic rings. The number of carbonyl (C=O) groups excluding carboxylic acids is 2. The first-order chi connectivity index (χ1) is 11.6. The minimum Gasteiger partial charge on any atom is -0.545 e. The minimum atomic E-state index is -4.97. The van der Waals surface area contributed by atoms with Crippen molar-refractivity contribution in [1.82, 2.24) is 9.80 Å². The Labute approximate surface area is 160 Å². The molecule has 1 saturated heterocycles. The number of rotatable bonds is 5. The van der Waals surface area contributed by atoms with Gasteiger partial charge in [0.1, 0.15) is 0 Å². The Morgan fingerprint density at radius 2 is 1.85 bits per heavy atom. The van der Waals surface area contributed by atoms with Crippen LogP contribution in [0.4, 0.5) is 18.9 Å². The van der Waals surface area contributed by atoms with Gasteiger partial charge in [-0.3, -0.25) is 9.69 Å². The fourth-order valence-corrected chi connectivity index (χ4v) is 2.37. The number of anilines is 1. The number of piperazine rings is 1. The second-order valence-electron chi connectivity index (χ2n) is 5.67. The van der Waals surface area contributed by atoms with Gasteiger partial charge in [-0.15, -0.1) is 13.2 Å². The van der Waals surface area contributed by atoms with Gasteiger partial charge in [0.05, 0.1) is 18.2 Å². The van der Waals surface area contributed by atoms with Crippen molar-refractivity contribution in [2.45, 2.75) is 6.36 Å². The number of ether oxygens (including phenoxy) is 1. The third-order valence-corrected chi connectivity index (χ3v) is 3.68. The first-order valence-corrected chi connectivity index (χ1v) is 7.46. The summed E-state index contributed by atoms with van der Waals surface area (Å²) in [5.74, 6) is -2.83. The number of nitrogens with one attached hydrogen (secondary N) is 1. The van der Waals surface area contributed by atoms with Crippen molar-refractivity contribution in [3.05, 3.63) is 23.8 Å². The van der Waals surface area contributed by atoms with E-state index in [1.807, 2.05) is 11.9 Å². The van der Waals surface area contributed by atoms with Crippen LogP contribution in [0.1, 0.15) is 10.4 Å². The van der Waals surface area contributed by atoms with Crippen LogP contribution in [0.5, 0.6) is 5.75 Å². The molecule has 1 aromatic carbocycles. The number of likely N-dealkylation sites (N-methyl/N-ethyl adjacent to an activating group) is 1. The van der Waals surface area contributed by atoms with E-state index in [0.29, 0.717) is 13.1 Å². The molecular weight excluding hydrogens is 350 g/mol. The number of hydrogen-bond acceptors (Lipinski definition) is 6. The Balaban J connectivity index is 0.00000338. The first kappa shape index (κ1) is 22.3. The predicted octanol–water partition coefficient (Wildman–Crippen LogP) is -2.86. The van der Waals surface area contributed by atoms with Gasteiger partial charge in [-0.25, -0.2) is 0 Å². The molecule has 0 aromatic heterocycles. The van der Waals surface area contributed by atoms with Gasteiger partial charge >= 0.3 is 25.2 Å². The Morgan fingerprint density at radius 3 is 2.38 bits per heavy atom. The van der Waals surface area contributed by atoms with Gasteiger partial charge in [-0.05, 0) is 30.8 Å². The smallest absolute Gasteiger partial charge is 0.545 e. The fourth-order valence-electron chi connectivity index (χ4n) is 2.37. The van der Waals surface area contributed by atoms with Crippen molar-refractivity contribution < 1.29 is 51.5 Å². The zero-order valence-corrected chi connectivity index (χ0v) is 14.4. The molecule has 0 atom stereocenters. The van der Waals surface area contributed by atoms with E-state index in [0.717, 1.165) is 31.3 Å². The zero-order chi connectivity index (χ0) is 18.6. The number of carboxylic acid groups (broad SMARTS) is 1. The van der Waals surface area contributed by atoms with Crippen molar-refractivity contribution >= 4 is 17.6 Å². The molecule has 1 fully saturated rings. The van der Waals surface area contributed by atoms with Crippen molar-refractivity contribution in [1.29, 1.82) is 0 Å². The van der Waals surface area contributed by atoms with Crippen molar-refractivity contribution in [2.75, 3.05) is 45.1 Å². The van der Waals surface area contributed by atoms with Crippen LogP contribution in [0, 0.1) is 0 Å². The molecular formula is C15H17F3LiN3O4. The largest absolute Gasteiger partial charge is 1.00 e. The number of aromatic carboxylic acids is 1. The second-order valence-corrected chi connectivity index (χ2v) is 5.67. The van der Waals surface area contributed by atoms with Gasteiger partial charge in [0.2, 0.25) is 5.91 Å². The predicted molar refractivity (Wildman–Crippen MR) is 80.0 cm³/mol. The molecule has 2 rings (SSSR count). The van der Waals surface area contributed by atoms with E-state index in [9.17, 15) is 27.9 Å². The molecule has 7 nitrogen and oxygen atoms in total. The van der Waals surface area contributed by atoms with Gasteiger partial charge in [-0.2, -0.15) is 0 Å². The van der Waals surface area contributed by atoms with Gasteiger partial charge in [-0.1, -0.05) is 0 Å². The number of halogens is 3. The molecule has 0 radical (unpaired) electrons. The van der Waals surface area contributed by atoms with Gasteiger partial charge < -0.3 is 24.9 Å². The van der Waals surface area contributed by atoms with Crippen LogP contribution < -0.4 is 34.0 Å². The molecule has 1 heterocycles. The van der Waals surface area contributed by atoms with E-state index < -0.39 is 24.0 Å². The zero-order valence-electron chi connectivity index (χ0n) is 14.4. The first-order valence-electron chi connectivity index (χ1n) is 7.46. The summed E-state index contributed by atoms with van der Waals surface area (Å²) in [5, 5.41) is 13.2. The van der Waals surface area contributed by atoms with Crippen LogP contribution in [0.2, 0.25) is 0 Å². The molecule has 1 N–H and O–H groups in total. The summed E-state index contributed by atoms with van der Waals surface area (Å²) >= 11 is 0. The van der Waals surface area contributed by atoms with Crippen LogP contribution in [0.25, 0.3) is 0 Å². The maximum Gasteiger partial charge on any atom is 1.00 e. The van der Waals surface area contributed by atoms with E-state index in [1.165, 1.54) is 0 Å². The van der Waals surface area contributed by atoms with Crippen LogP contribution in [-0.4, -0.2) is 67.8 Å². The summed E-state index contributed by atoms with van der Waals surface area (Å²) in [4.78, 5) is 26.9. The number of carboxylic acids is 1. The van der Waals surface area contributed by atoms with Gasteiger partial charge in [0.25, 0.3) is 0 Å². The number of amides is 1. The molecule has 11 heteroatoms. The van der Waals surface area contributed by atoms with Crippen molar-refractivity contribution in [3.63, 3.8) is 0 Å². The van der Waals surface area contributed by atoms with Crippen molar-refractivity contribution in [3.8, 4) is 5.75 Å². The van der Waals surface area contributed by atoms with E-state index in [-0.39, 0.29) is 36.7 Å². The van der Waals surface area contributed by atoms with Crippen LogP contribution in [-0.2, 0) is 4.79 Å². The van der Waals surface area contributed by atoms with E-state index in [2.05, 4.69) is 15.0 Å². The molecule has 26 heavy (non-hydrogen) atoms. The van der Waals surface area contributed by atoms with E-state index in [1.54, 1.807) is 0 Å². The topological polar surface area (TPSA) is 84.9 Å². The van der Waals surface area contributed by atoms with E-state index >= 15 is 0 Å². The number of nitrogens with zero attached hydrogens (tertiary/aromatic N) is 2. The number of alkyl halides is 3. The number of hydrogen-bond donors (Lipinski definition) is 1. The standard InChI is InChI=1S/C15H18F3N3O4.Li/c1-20-4-6-21(7-5-20)9-13(22)19-11-8-10(14(23)24)2-3-12(11)25-15(16,17)18;/h2-3,8H,4-7,9H2,1H3,(H,19,22)(H,23,24);/q;+1/p-1. The Kier molecular flexibility index (Phi) is 7.96. The average Bonchev–Trinajstić information content (AvgIpc) is 2.49. The quantitative estimate of drug-likeness (QED) is 0.564. The maximum atomic E-state index is 12.5. The third kappa shape index (κ3) is 6.88. The van der Waals surface area contributed by atoms with Crippen LogP contribution in [0.15, 0.2) is 18.2 Å². The Bertz CT molecular complexity index is 650. The average molecular weight is 367 g/mol. The van der Waals surface area contributed by atoms with Crippen LogP contribution in [0.3, 0.4) is 0 Å². The second kappa shape index (κ2) is 9.28.